The number of hydrogen-bond acceptors (Lipinski definition) is 8. The number of nitrogens with zero attached hydrogens (tertiary/aromatic N) is 5. The summed E-state index contributed by atoms with van der Waals surface area (Å²) in [5.41, 5.74) is 5.43. The summed E-state index contributed by atoms with van der Waals surface area (Å²) in [6.45, 7) is 4.21. The summed E-state index contributed by atoms with van der Waals surface area (Å²) in [6, 6.07) is 26.8. The number of hydrazone groups is 1. The van der Waals surface area contributed by atoms with Gasteiger partial charge in [0.25, 0.3) is 11.8 Å². The van der Waals surface area contributed by atoms with Crippen LogP contribution in [0.5, 0.6) is 5.75 Å². The highest BCUT2D eigenvalue weighted by molar-refractivity contribution is 7.99. The van der Waals surface area contributed by atoms with Crippen molar-refractivity contribution in [1.29, 1.82) is 0 Å². The first-order valence-electron chi connectivity index (χ1n) is 14.5. The van der Waals surface area contributed by atoms with Crippen LogP contribution in [0.3, 0.4) is 0 Å². The molecule has 3 heterocycles. The highest BCUT2D eigenvalue weighted by atomic mass is 32.2. The molecule has 45 heavy (non-hydrogen) atoms. The Morgan fingerprint density at radius 1 is 1.00 bits per heavy atom. The summed E-state index contributed by atoms with van der Waals surface area (Å²) in [5.74, 6) is 1.09. The second-order valence-corrected chi connectivity index (χ2v) is 12.5. The highest BCUT2D eigenvalue weighted by Crippen LogP contribution is 2.35. The molecule has 0 saturated heterocycles. The van der Waals surface area contributed by atoms with E-state index in [1.54, 1.807) is 35.6 Å². The van der Waals surface area contributed by atoms with Crippen LogP contribution >= 0.6 is 23.1 Å². The van der Waals surface area contributed by atoms with E-state index in [0.717, 1.165) is 38.7 Å². The molecule has 0 fully saturated rings. The van der Waals surface area contributed by atoms with E-state index in [1.807, 2.05) is 90.5 Å². The number of thiophene rings is 1. The first kappa shape index (κ1) is 30.3. The Morgan fingerprint density at radius 3 is 2.53 bits per heavy atom. The van der Waals surface area contributed by atoms with Crippen LogP contribution in [0.15, 0.2) is 101 Å². The average molecular weight is 637 g/mol. The summed E-state index contributed by atoms with van der Waals surface area (Å²) < 4.78 is 7.27. The number of carbonyl (C=O) groups is 2. The zero-order valence-corrected chi connectivity index (χ0v) is 26.8. The molecule has 0 bridgehead atoms. The monoisotopic (exact) mass is 636 g/mol. The predicted octanol–water partition coefficient (Wildman–Crippen LogP) is 6.35. The minimum atomic E-state index is -0.234. The topological polar surface area (TPSA) is 102 Å². The van der Waals surface area contributed by atoms with Crippen molar-refractivity contribution in [2.45, 2.75) is 38.0 Å². The zero-order chi connectivity index (χ0) is 31.3. The van der Waals surface area contributed by atoms with E-state index in [0.29, 0.717) is 23.0 Å². The third-order valence-electron chi connectivity index (χ3n) is 7.55. The first-order chi connectivity index (χ1) is 21.9. The number of hydrogen-bond donors (Lipinski definition) is 1. The summed E-state index contributed by atoms with van der Waals surface area (Å²) in [6.07, 6.45) is 0.618. The van der Waals surface area contributed by atoms with E-state index < -0.39 is 0 Å². The number of thioether (sulfide) groups is 1. The first-order valence-corrected chi connectivity index (χ1v) is 16.3. The molecule has 0 aliphatic carbocycles. The fourth-order valence-electron chi connectivity index (χ4n) is 5.17. The van der Waals surface area contributed by atoms with Gasteiger partial charge < -0.3 is 10.1 Å². The van der Waals surface area contributed by atoms with Gasteiger partial charge in [-0.05, 0) is 72.3 Å². The normalized spacial score (nSPS) is 14.3. The third-order valence-corrected chi connectivity index (χ3v) is 9.38. The van der Waals surface area contributed by atoms with Gasteiger partial charge in [0, 0.05) is 12.0 Å². The second-order valence-electron chi connectivity index (χ2n) is 10.6. The molecular weight excluding hydrogens is 605 g/mol. The Balaban J connectivity index is 1.26. The van der Waals surface area contributed by atoms with E-state index in [-0.39, 0.29) is 30.2 Å². The molecule has 1 atom stereocenters. The van der Waals surface area contributed by atoms with Gasteiger partial charge in [0.1, 0.15) is 5.75 Å². The molecule has 5 aromatic rings. The lowest BCUT2D eigenvalue weighted by molar-refractivity contribution is -0.130. The molecule has 1 aliphatic heterocycles. The minimum Gasteiger partial charge on any atom is -0.497 e. The molecule has 1 unspecified atom stereocenters. The van der Waals surface area contributed by atoms with Crippen molar-refractivity contribution in [3.05, 3.63) is 123 Å². The Kier molecular flexibility index (Phi) is 9.08. The average Bonchev–Trinajstić information content (AvgIpc) is 3.84. The number of benzene rings is 3. The van der Waals surface area contributed by atoms with Crippen molar-refractivity contribution in [2.75, 3.05) is 12.9 Å². The van der Waals surface area contributed by atoms with Crippen LogP contribution in [0, 0.1) is 13.8 Å². The van der Waals surface area contributed by atoms with E-state index in [9.17, 15) is 9.59 Å². The maximum atomic E-state index is 13.9. The molecule has 0 radical (unpaired) electrons. The van der Waals surface area contributed by atoms with E-state index >= 15 is 0 Å². The van der Waals surface area contributed by atoms with Crippen molar-refractivity contribution in [3.8, 4) is 11.4 Å². The molecule has 1 N–H and O–H groups in total. The summed E-state index contributed by atoms with van der Waals surface area (Å²) in [5, 5.41) is 20.9. The van der Waals surface area contributed by atoms with Gasteiger partial charge in [-0.2, -0.15) is 5.10 Å². The van der Waals surface area contributed by atoms with Crippen LogP contribution in [0.1, 0.15) is 50.2 Å². The molecule has 11 heteroatoms. The third kappa shape index (κ3) is 6.69. The fourth-order valence-corrected chi connectivity index (χ4v) is 6.71. The Morgan fingerprint density at radius 2 is 1.80 bits per heavy atom. The fraction of sp³-hybridized carbons (Fsp3) is 0.206. The quantitative estimate of drug-likeness (QED) is 0.179. The number of carbonyl (C=O) groups excluding carboxylic acids is 2. The lowest BCUT2D eigenvalue weighted by atomic mass is 10.0. The molecule has 3 aromatic carbocycles. The SMILES string of the molecule is COc1ccc(C2CC(c3cccs3)=NN2C(=O)CSc2nnc(CNC(=O)c3ccccc3)n2-c2cc(C)ccc2C)cc1. The van der Waals surface area contributed by atoms with Gasteiger partial charge in [-0.15, -0.1) is 21.5 Å². The molecule has 228 valence electrons. The van der Waals surface area contributed by atoms with Gasteiger partial charge in [-0.25, -0.2) is 5.01 Å². The molecular formula is C34H32N6O3S2. The van der Waals surface area contributed by atoms with E-state index in [2.05, 4.69) is 21.6 Å². The number of ether oxygens (including phenoxy) is 1. The van der Waals surface area contributed by atoms with Gasteiger partial charge in [0.05, 0.1) is 41.7 Å². The van der Waals surface area contributed by atoms with Gasteiger partial charge in [-0.3, -0.25) is 14.2 Å². The largest absolute Gasteiger partial charge is 0.497 e. The summed E-state index contributed by atoms with van der Waals surface area (Å²) in [4.78, 5) is 27.7. The summed E-state index contributed by atoms with van der Waals surface area (Å²) in [7, 11) is 1.63. The number of rotatable bonds is 10. The molecule has 0 spiro atoms. The minimum absolute atomic E-state index is 0.104. The van der Waals surface area contributed by atoms with Crippen molar-refractivity contribution in [1.82, 2.24) is 25.1 Å². The lowest BCUT2D eigenvalue weighted by Gasteiger charge is -2.22. The van der Waals surface area contributed by atoms with Crippen LogP contribution in [-0.4, -0.2) is 50.2 Å². The number of aromatic nitrogens is 3. The van der Waals surface area contributed by atoms with Crippen LogP contribution in [0.25, 0.3) is 5.69 Å². The van der Waals surface area contributed by atoms with Crippen LogP contribution in [0.2, 0.25) is 0 Å². The maximum Gasteiger partial charge on any atom is 0.253 e. The van der Waals surface area contributed by atoms with Gasteiger partial charge in [0.15, 0.2) is 11.0 Å². The van der Waals surface area contributed by atoms with Gasteiger partial charge in [0.2, 0.25) is 0 Å². The number of amides is 2. The summed E-state index contributed by atoms with van der Waals surface area (Å²) >= 11 is 2.92. The van der Waals surface area contributed by atoms with Gasteiger partial charge >= 0.3 is 0 Å². The van der Waals surface area contributed by atoms with Crippen molar-refractivity contribution in [3.63, 3.8) is 0 Å². The molecule has 1 aliphatic rings. The van der Waals surface area contributed by atoms with Crippen LogP contribution in [0.4, 0.5) is 0 Å². The molecule has 6 rings (SSSR count). The second kappa shape index (κ2) is 13.5. The van der Waals surface area contributed by atoms with E-state index in [4.69, 9.17) is 9.84 Å². The Bertz CT molecular complexity index is 1840. The van der Waals surface area contributed by atoms with Gasteiger partial charge in [-0.1, -0.05) is 60.3 Å². The van der Waals surface area contributed by atoms with E-state index in [1.165, 1.54) is 11.8 Å². The Labute approximate surface area is 270 Å². The van der Waals surface area contributed by atoms with Crippen molar-refractivity contribution < 1.29 is 14.3 Å². The molecule has 2 aromatic heterocycles. The van der Waals surface area contributed by atoms with Crippen molar-refractivity contribution >= 4 is 40.6 Å². The standard InChI is InChI=1S/C34H32N6O3S2/c1-22-11-12-23(2)28(18-22)39-31(20-35-33(42)25-8-5-4-6-9-25)36-37-34(39)45-21-32(41)40-29(24-13-15-26(43-3)16-14-24)19-27(38-40)30-10-7-17-44-30/h4-18,29H,19-21H2,1-3H3,(H,35,42). The molecule has 2 amide bonds. The van der Waals surface area contributed by atoms with Crippen LogP contribution in [-0.2, 0) is 11.3 Å². The maximum absolute atomic E-state index is 13.9. The predicted molar refractivity (Wildman–Crippen MR) is 177 cm³/mol. The van der Waals surface area contributed by atoms with Crippen molar-refractivity contribution in [2.24, 2.45) is 5.10 Å². The number of methoxy groups -OCH3 is 1. The number of nitrogens with one attached hydrogen (secondary N) is 1. The molecule has 0 saturated carbocycles. The smallest absolute Gasteiger partial charge is 0.253 e. The lowest BCUT2D eigenvalue weighted by Crippen LogP contribution is -2.28. The van der Waals surface area contributed by atoms with Crippen LogP contribution < -0.4 is 10.1 Å². The Hall–Kier alpha value is -4.74. The molecule has 9 nitrogen and oxygen atoms in total. The highest BCUT2D eigenvalue weighted by Gasteiger charge is 2.34. The zero-order valence-electron chi connectivity index (χ0n) is 25.1. The number of aryl methyl sites for hydroxylation is 2.